The van der Waals surface area contributed by atoms with E-state index in [9.17, 15) is 9.59 Å². The molecule has 1 fully saturated rings. The van der Waals surface area contributed by atoms with Gasteiger partial charge in [0.15, 0.2) is 4.96 Å². The number of aromatic nitrogens is 4. The van der Waals surface area contributed by atoms with Crippen LogP contribution in [0.4, 0.5) is 0 Å². The van der Waals surface area contributed by atoms with Crippen molar-refractivity contribution < 1.29 is 4.79 Å². The average Bonchev–Trinajstić information content (AvgIpc) is 3.53. The zero-order valence-electron chi connectivity index (χ0n) is 22.5. The van der Waals surface area contributed by atoms with E-state index >= 15 is 0 Å². The highest BCUT2D eigenvalue weighted by molar-refractivity contribution is 7.15. The smallest absolute Gasteiger partial charge is 0.268 e. The summed E-state index contributed by atoms with van der Waals surface area (Å²) in [6.45, 7) is 5.27. The van der Waals surface area contributed by atoms with Crippen LogP contribution in [0.15, 0.2) is 70.8 Å². The molecular weight excluding hydrogens is 542 g/mol. The zero-order valence-corrected chi connectivity index (χ0v) is 24.1. The number of rotatable bonds is 6. The van der Waals surface area contributed by atoms with Gasteiger partial charge in [-0.2, -0.15) is 5.10 Å². The van der Waals surface area contributed by atoms with Gasteiger partial charge in [0, 0.05) is 34.9 Å². The number of aryl methyl sites for hydroxylation is 2. The molecule has 40 heavy (non-hydrogen) atoms. The largest absolute Gasteiger partial charge is 0.342 e. The summed E-state index contributed by atoms with van der Waals surface area (Å²) in [4.78, 5) is 34.4. The Morgan fingerprint density at radius 1 is 1.05 bits per heavy atom. The van der Waals surface area contributed by atoms with Gasteiger partial charge in [-0.1, -0.05) is 41.9 Å². The van der Waals surface area contributed by atoms with Crippen LogP contribution in [0.25, 0.3) is 21.9 Å². The fraction of sp³-hybridized carbons (Fsp3) is 0.290. The molecule has 1 aliphatic rings. The van der Waals surface area contributed by atoms with Crippen molar-refractivity contribution in [2.24, 2.45) is 5.92 Å². The van der Waals surface area contributed by atoms with Crippen LogP contribution < -0.4 is 5.56 Å². The molecule has 0 bridgehead atoms. The van der Waals surface area contributed by atoms with Gasteiger partial charge in [-0.3, -0.25) is 14.0 Å². The Bertz CT molecular complexity index is 1730. The zero-order chi connectivity index (χ0) is 27.8. The van der Waals surface area contributed by atoms with Gasteiger partial charge in [-0.05, 0) is 74.9 Å². The Balaban J connectivity index is 1.22. The highest BCUT2D eigenvalue weighted by Gasteiger charge is 2.25. The number of piperidine rings is 1. The third kappa shape index (κ3) is 5.21. The number of fused-ring (bicyclic) bond motifs is 1. The number of nitrogens with zero attached hydrogens (tertiary/aromatic N) is 5. The molecule has 2 aromatic carbocycles. The molecule has 0 spiro atoms. The number of likely N-dealkylation sites (tertiary alicyclic amines) is 1. The quantitative estimate of drug-likeness (QED) is 0.254. The van der Waals surface area contributed by atoms with Crippen LogP contribution in [0, 0.1) is 19.8 Å². The van der Waals surface area contributed by atoms with Crippen LogP contribution in [0.2, 0.25) is 5.02 Å². The number of benzene rings is 2. The molecule has 204 valence electrons. The van der Waals surface area contributed by atoms with E-state index in [2.05, 4.69) is 24.3 Å². The van der Waals surface area contributed by atoms with Gasteiger partial charge in [-0.15, -0.1) is 11.3 Å². The van der Waals surface area contributed by atoms with Crippen molar-refractivity contribution in [3.05, 3.63) is 104 Å². The molecule has 4 heterocycles. The lowest BCUT2D eigenvalue weighted by Gasteiger charge is -2.32. The monoisotopic (exact) mass is 571 g/mol. The maximum Gasteiger partial charge on any atom is 0.268 e. The molecule has 1 amide bonds. The summed E-state index contributed by atoms with van der Waals surface area (Å²) in [6.07, 6.45) is 3.21. The van der Waals surface area contributed by atoms with Crippen molar-refractivity contribution in [3.63, 3.8) is 0 Å². The Labute approximate surface area is 241 Å². The van der Waals surface area contributed by atoms with Crippen LogP contribution in [0.1, 0.15) is 35.5 Å². The first-order valence-corrected chi connectivity index (χ1v) is 14.8. The second-order valence-corrected chi connectivity index (χ2v) is 11.7. The van der Waals surface area contributed by atoms with Crippen molar-refractivity contribution >= 4 is 33.8 Å². The van der Waals surface area contributed by atoms with Crippen molar-refractivity contribution in [1.29, 1.82) is 0 Å². The molecule has 0 radical (unpaired) electrons. The molecule has 9 heteroatoms. The Hall–Kier alpha value is -3.75. The number of amides is 1. The molecule has 6 rings (SSSR count). The first kappa shape index (κ1) is 26.5. The van der Waals surface area contributed by atoms with Gasteiger partial charge in [-0.25, -0.2) is 9.67 Å². The topological polar surface area (TPSA) is 72.5 Å². The number of carbonyl (C=O) groups excluding carboxylic acids is 1. The third-order valence-electron chi connectivity index (χ3n) is 7.70. The Morgan fingerprint density at radius 2 is 1.77 bits per heavy atom. The molecule has 0 saturated carbocycles. The minimum Gasteiger partial charge on any atom is -0.342 e. The van der Waals surface area contributed by atoms with Crippen LogP contribution >= 0.6 is 22.9 Å². The molecule has 0 atom stereocenters. The van der Waals surface area contributed by atoms with Gasteiger partial charge in [0.1, 0.15) is 5.69 Å². The van der Waals surface area contributed by atoms with E-state index in [-0.39, 0.29) is 17.9 Å². The molecule has 7 nitrogen and oxygen atoms in total. The molecular formula is C31H30ClN5O2S. The lowest BCUT2D eigenvalue weighted by atomic mass is 9.90. The number of hydrogen-bond acceptors (Lipinski definition) is 5. The van der Waals surface area contributed by atoms with E-state index in [1.807, 2.05) is 60.5 Å². The lowest BCUT2D eigenvalue weighted by molar-refractivity contribution is -0.131. The van der Waals surface area contributed by atoms with Crippen LogP contribution in [-0.4, -0.2) is 43.1 Å². The SMILES string of the molecule is Cc1nc2scc(CC(=O)N3CCC(Cc4ccccc4)CC3)n2c(=O)c1-c1cc(C)n(-c2ccc(Cl)cc2)n1. The van der Waals surface area contributed by atoms with E-state index in [4.69, 9.17) is 21.7 Å². The summed E-state index contributed by atoms with van der Waals surface area (Å²) in [5.74, 6) is 0.636. The van der Waals surface area contributed by atoms with Crippen LogP contribution in [0.5, 0.6) is 0 Å². The second kappa shape index (κ2) is 11.0. The van der Waals surface area contributed by atoms with Gasteiger partial charge < -0.3 is 4.90 Å². The maximum absolute atomic E-state index is 13.8. The van der Waals surface area contributed by atoms with Crippen LogP contribution in [-0.2, 0) is 17.6 Å². The van der Waals surface area contributed by atoms with Gasteiger partial charge in [0.05, 0.1) is 23.4 Å². The van der Waals surface area contributed by atoms with Gasteiger partial charge in [0.2, 0.25) is 5.91 Å². The third-order valence-corrected chi connectivity index (χ3v) is 8.83. The average molecular weight is 572 g/mol. The fourth-order valence-corrected chi connectivity index (χ4v) is 6.62. The predicted molar refractivity (Wildman–Crippen MR) is 160 cm³/mol. The molecule has 5 aromatic rings. The summed E-state index contributed by atoms with van der Waals surface area (Å²) < 4.78 is 3.38. The van der Waals surface area contributed by atoms with Crippen LogP contribution in [0.3, 0.4) is 0 Å². The van der Waals surface area contributed by atoms with Gasteiger partial charge in [0.25, 0.3) is 5.56 Å². The number of hydrogen-bond donors (Lipinski definition) is 0. The molecule has 1 aliphatic heterocycles. The Morgan fingerprint density at radius 3 is 2.50 bits per heavy atom. The van der Waals surface area contributed by atoms with E-state index < -0.39 is 0 Å². The molecule has 0 unspecified atom stereocenters. The Kier molecular flexibility index (Phi) is 7.29. The fourth-order valence-electron chi connectivity index (χ4n) is 5.57. The predicted octanol–water partition coefficient (Wildman–Crippen LogP) is 5.90. The summed E-state index contributed by atoms with van der Waals surface area (Å²) in [7, 11) is 0. The summed E-state index contributed by atoms with van der Waals surface area (Å²) in [5, 5.41) is 7.27. The maximum atomic E-state index is 13.8. The first-order chi connectivity index (χ1) is 19.4. The van der Waals surface area contributed by atoms with Crippen molar-refractivity contribution in [3.8, 4) is 16.9 Å². The standard InChI is InChI=1S/C31H30ClN5O2S/c1-20-16-27(34-37(20)25-10-8-24(32)9-11-25)29-21(2)33-31-36(30(29)39)26(19-40-31)18-28(38)35-14-12-23(13-15-35)17-22-6-4-3-5-7-22/h3-11,16,19,23H,12-15,17-18H2,1-2H3. The van der Waals surface area contributed by atoms with E-state index in [1.54, 1.807) is 9.08 Å². The lowest BCUT2D eigenvalue weighted by Crippen LogP contribution is -2.40. The number of carbonyl (C=O) groups is 1. The van der Waals surface area contributed by atoms with Crippen molar-refractivity contribution in [1.82, 2.24) is 24.1 Å². The minimum atomic E-state index is -0.200. The normalized spacial score (nSPS) is 14.2. The van der Waals surface area contributed by atoms with Crippen molar-refractivity contribution in [2.75, 3.05) is 13.1 Å². The molecule has 3 aromatic heterocycles. The number of thiazole rings is 1. The van der Waals surface area contributed by atoms with E-state index in [0.29, 0.717) is 38.5 Å². The first-order valence-electron chi connectivity index (χ1n) is 13.5. The molecule has 0 N–H and O–H groups in total. The highest BCUT2D eigenvalue weighted by Crippen LogP contribution is 2.25. The summed E-state index contributed by atoms with van der Waals surface area (Å²) in [6, 6.07) is 19.8. The van der Waals surface area contributed by atoms with Gasteiger partial charge >= 0.3 is 0 Å². The highest BCUT2D eigenvalue weighted by atomic mass is 35.5. The minimum absolute atomic E-state index is 0.0507. The summed E-state index contributed by atoms with van der Waals surface area (Å²) >= 11 is 7.44. The number of halogens is 1. The van der Waals surface area contributed by atoms with E-state index in [0.717, 1.165) is 43.7 Å². The van der Waals surface area contributed by atoms with E-state index in [1.165, 1.54) is 16.9 Å². The second-order valence-electron chi connectivity index (χ2n) is 10.5. The molecule has 0 aliphatic carbocycles. The summed E-state index contributed by atoms with van der Waals surface area (Å²) in [5.41, 5.74) is 5.18. The van der Waals surface area contributed by atoms with Crippen molar-refractivity contribution in [2.45, 2.75) is 39.5 Å². The molecule has 1 saturated heterocycles.